The first-order valence-corrected chi connectivity index (χ1v) is 6.33. The topological polar surface area (TPSA) is 44.1 Å². The molecule has 17 heavy (non-hydrogen) atoms. The zero-order valence-corrected chi connectivity index (χ0v) is 11.0. The van der Waals surface area contributed by atoms with Crippen LogP contribution in [0.25, 0.3) is 0 Å². The molecule has 1 aliphatic rings. The summed E-state index contributed by atoms with van der Waals surface area (Å²) >= 11 is 6.22. The van der Waals surface area contributed by atoms with Gasteiger partial charge in [-0.15, -0.1) is 0 Å². The second kappa shape index (κ2) is 5.19. The highest BCUT2D eigenvalue weighted by Gasteiger charge is 2.26. The van der Waals surface area contributed by atoms with E-state index in [0.717, 1.165) is 17.9 Å². The monoisotopic (exact) mass is 256 g/mol. The first-order chi connectivity index (χ1) is 8.13. The van der Waals surface area contributed by atoms with Gasteiger partial charge in [-0.2, -0.15) is 5.10 Å². The van der Waals surface area contributed by atoms with Crippen molar-refractivity contribution in [3.05, 3.63) is 16.4 Å². The van der Waals surface area contributed by atoms with Crippen LogP contribution in [0.3, 0.4) is 0 Å². The number of aryl methyl sites for hydroxylation is 2. The number of nitrogens with zero attached hydrogens (tertiary/aromatic N) is 2. The molecule has 1 unspecified atom stereocenters. The lowest BCUT2D eigenvalue weighted by molar-refractivity contribution is -0.130. The van der Waals surface area contributed by atoms with Gasteiger partial charge < -0.3 is 4.74 Å². The Balaban J connectivity index is 2.19. The molecule has 2 rings (SSSR count). The molecule has 2 heterocycles. The van der Waals surface area contributed by atoms with Gasteiger partial charge in [-0.3, -0.25) is 9.48 Å². The van der Waals surface area contributed by atoms with Gasteiger partial charge >= 0.3 is 0 Å². The molecule has 0 spiro atoms. The minimum atomic E-state index is -0.0670. The van der Waals surface area contributed by atoms with Crippen molar-refractivity contribution in [2.45, 2.75) is 33.2 Å². The van der Waals surface area contributed by atoms with Gasteiger partial charge in [0.1, 0.15) is 5.78 Å². The van der Waals surface area contributed by atoms with E-state index in [4.69, 9.17) is 16.3 Å². The van der Waals surface area contributed by atoms with Crippen molar-refractivity contribution >= 4 is 17.4 Å². The van der Waals surface area contributed by atoms with Gasteiger partial charge in [0.25, 0.3) is 0 Å². The Morgan fingerprint density at radius 3 is 3.00 bits per heavy atom. The van der Waals surface area contributed by atoms with Crippen molar-refractivity contribution in [1.29, 1.82) is 0 Å². The predicted octanol–water partition coefficient (Wildman–Crippen LogP) is 2.01. The summed E-state index contributed by atoms with van der Waals surface area (Å²) in [5, 5.41) is 5.04. The number of Topliss-reactive ketones (excluding diaryl/α,β-unsaturated/α-hetero) is 1. The summed E-state index contributed by atoms with van der Waals surface area (Å²) < 4.78 is 7.23. The van der Waals surface area contributed by atoms with Gasteiger partial charge in [-0.25, -0.2) is 0 Å². The number of carbonyl (C=O) groups excluding carboxylic acids is 1. The fourth-order valence-electron chi connectivity index (χ4n) is 2.17. The summed E-state index contributed by atoms with van der Waals surface area (Å²) in [6, 6.07) is 0. The molecule has 1 aromatic rings. The minimum Gasteiger partial charge on any atom is -0.380 e. The van der Waals surface area contributed by atoms with Crippen LogP contribution in [0.5, 0.6) is 0 Å². The standard InChI is InChI=1S/C12H17ClN2O2/c1-3-15-10(12(13)8(2)14-15)6-9-7-17-5-4-11(9)16/h9H,3-7H2,1-2H3. The smallest absolute Gasteiger partial charge is 0.140 e. The molecule has 1 aliphatic heterocycles. The molecule has 1 atom stereocenters. The minimum absolute atomic E-state index is 0.0670. The van der Waals surface area contributed by atoms with Crippen LogP contribution >= 0.6 is 11.6 Å². The van der Waals surface area contributed by atoms with E-state index in [1.54, 1.807) is 0 Å². The number of hydrogen-bond donors (Lipinski definition) is 0. The Hall–Kier alpha value is -0.870. The Morgan fingerprint density at radius 2 is 2.35 bits per heavy atom. The molecular weight excluding hydrogens is 240 g/mol. The quantitative estimate of drug-likeness (QED) is 0.831. The number of ketones is 1. The van der Waals surface area contributed by atoms with E-state index in [0.29, 0.717) is 31.1 Å². The van der Waals surface area contributed by atoms with E-state index in [2.05, 4.69) is 5.10 Å². The van der Waals surface area contributed by atoms with Gasteiger partial charge in [0.15, 0.2) is 0 Å². The van der Waals surface area contributed by atoms with Crippen molar-refractivity contribution in [3.63, 3.8) is 0 Å². The number of carbonyl (C=O) groups is 1. The van der Waals surface area contributed by atoms with Crippen molar-refractivity contribution in [1.82, 2.24) is 9.78 Å². The van der Waals surface area contributed by atoms with Crippen LogP contribution in [0.2, 0.25) is 5.02 Å². The van der Waals surface area contributed by atoms with Gasteiger partial charge in [-0.05, 0) is 13.8 Å². The average molecular weight is 257 g/mol. The molecule has 94 valence electrons. The molecule has 1 saturated heterocycles. The van der Waals surface area contributed by atoms with Crippen molar-refractivity contribution in [3.8, 4) is 0 Å². The SMILES string of the molecule is CCn1nc(C)c(Cl)c1CC1COCCC1=O. The summed E-state index contributed by atoms with van der Waals surface area (Å²) in [6.45, 7) is 5.73. The second-order valence-corrected chi connectivity index (χ2v) is 4.73. The van der Waals surface area contributed by atoms with Crippen LogP contribution in [-0.2, 0) is 22.5 Å². The summed E-state index contributed by atoms with van der Waals surface area (Å²) in [4.78, 5) is 11.8. The molecule has 5 heteroatoms. The molecular formula is C12H17ClN2O2. The first kappa shape index (κ1) is 12.6. The molecule has 0 bridgehead atoms. The maximum atomic E-state index is 11.8. The lowest BCUT2D eigenvalue weighted by Gasteiger charge is -2.21. The molecule has 1 fully saturated rings. The van der Waals surface area contributed by atoms with Crippen LogP contribution in [0.4, 0.5) is 0 Å². The molecule has 4 nitrogen and oxygen atoms in total. The Labute approximate surface area is 106 Å². The normalized spacial score (nSPS) is 20.9. The number of hydrogen-bond acceptors (Lipinski definition) is 3. The highest BCUT2D eigenvalue weighted by molar-refractivity contribution is 6.31. The molecule has 1 aromatic heterocycles. The second-order valence-electron chi connectivity index (χ2n) is 4.35. The molecule has 0 aromatic carbocycles. The molecule has 0 radical (unpaired) electrons. The summed E-state index contributed by atoms with van der Waals surface area (Å²) in [5.74, 6) is 0.205. The highest BCUT2D eigenvalue weighted by atomic mass is 35.5. The zero-order valence-electron chi connectivity index (χ0n) is 10.2. The fraction of sp³-hybridized carbons (Fsp3) is 0.667. The maximum Gasteiger partial charge on any atom is 0.140 e. The predicted molar refractivity (Wildman–Crippen MR) is 65.3 cm³/mol. The summed E-state index contributed by atoms with van der Waals surface area (Å²) in [5.41, 5.74) is 1.78. The third kappa shape index (κ3) is 2.53. The van der Waals surface area contributed by atoms with Gasteiger partial charge in [0.05, 0.1) is 29.6 Å². The molecule has 0 aliphatic carbocycles. The van der Waals surface area contributed by atoms with Crippen LogP contribution < -0.4 is 0 Å². The summed E-state index contributed by atoms with van der Waals surface area (Å²) in [7, 11) is 0. The Morgan fingerprint density at radius 1 is 1.59 bits per heavy atom. The third-order valence-electron chi connectivity index (χ3n) is 3.16. The van der Waals surface area contributed by atoms with Gasteiger partial charge in [0.2, 0.25) is 0 Å². The molecule has 0 N–H and O–H groups in total. The van der Waals surface area contributed by atoms with Crippen LogP contribution in [0.1, 0.15) is 24.7 Å². The van der Waals surface area contributed by atoms with Crippen LogP contribution in [-0.4, -0.2) is 28.8 Å². The number of aromatic nitrogens is 2. The lowest BCUT2D eigenvalue weighted by Crippen LogP contribution is -2.29. The van der Waals surface area contributed by atoms with Crippen molar-refractivity contribution in [2.75, 3.05) is 13.2 Å². The largest absolute Gasteiger partial charge is 0.380 e. The van der Waals surface area contributed by atoms with Crippen molar-refractivity contribution < 1.29 is 9.53 Å². The lowest BCUT2D eigenvalue weighted by atomic mass is 9.95. The summed E-state index contributed by atoms with van der Waals surface area (Å²) in [6.07, 6.45) is 1.15. The number of ether oxygens (including phenoxy) is 1. The highest BCUT2D eigenvalue weighted by Crippen LogP contribution is 2.25. The zero-order chi connectivity index (χ0) is 12.4. The average Bonchev–Trinajstić information content (AvgIpc) is 2.59. The number of halogens is 1. The van der Waals surface area contributed by atoms with Crippen molar-refractivity contribution in [2.24, 2.45) is 5.92 Å². The Bertz CT molecular complexity index is 428. The first-order valence-electron chi connectivity index (χ1n) is 5.95. The molecule has 0 saturated carbocycles. The Kier molecular flexibility index (Phi) is 3.84. The van der Waals surface area contributed by atoms with E-state index in [1.807, 2.05) is 18.5 Å². The molecule has 0 amide bonds. The van der Waals surface area contributed by atoms with E-state index in [1.165, 1.54) is 0 Å². The van der Waals surface area contributed by atoms with Gasteiger partial charge in [-0.1, -0.05) is 11.6 Å². The van der Waals surface area contributed by atoms with Crippen LogP contribution in [0.15, 0.2) is 0 Å². The van der Waals surface area contributed by atoms with Crippen LogP contribution in [0, 0.1) is 12.8 Å². The van der Waals surface area contributed by atoms with Gasteiger partial charge in [0, 0.05) is 25.3 Å². The van der Waals surface area contributed by atoms with E-state index < -0.39 is 0 Å². The fourth-order valence-corrected chi connectivity index (χ4v) is 2.38. The van der Waals surface area contributed by atoms with E-state index in [-0.39, 0.29) is 11.7 Å². The maximum absolute atomic E-state index is 11.8. The van der Waals surface area contributed by atoms with E-state index >= 15 is 0 Å². The third-order valence-corrected chi connectivity index (χ3v) is 3.65. The number of rotatable bonds is 3. The van der Waals surface area contributed by atoms with E-state index in [9.17, 15) is 4.79 Å².